The fourth-order valence-electron chi connectivity index (χ4n) is 3.43. The number of allylic oxidation sites excluding steroid dienone is 2. The molecule has 4 heteroatoms. The third kappa shape index (κ3) is 6.04. The zero-order valence-corrected chi connectivity index (χ0v) is 14.5. The van der Waals surface area contributed by atoms with Crippen LogP contribution in [-0.4, -0.2) is 14.5 Å². The normalized spacial score (nSPS) is 23.6. The van der Waals surface area contributed by atoms with E-state index in [0.29, 0.717) is 10.8 Å². The van der Waals surface area contributed by atoms with Gasteiger partial charge in [0.2, 0.25) is 0 Å². The molecule has 0 aromatic heterocycles. The summed E-state index contributed by atoms with van der Waals surface area (Å²) in [6, 6.07) is 7.33. The first-order chi connectivity index (χ1) is 11.1. The van der Waals surface area contributed by atoms with Crippen molar-refractivity contribution < 1.29 is 13.6 Å². The molecule has 1 aromatic carbocycles. The van der Waals surface area contributed by atoms with Crippen LogP contribution in [0.25, 0.3) is 0 Å². The highest BCUT2D eigenvalue weighted by Gasteiger charge is 2.19. The van der Waals surface area contributed by atoms with Gasteiger partial charge in [-0.2, -0.15) is 0 Å². The number of benzene rings is 1. The first kappa shape index (κ1) is 18.1. The van der Waals surface area contributed by atoms with E-state index in [4.69, 9.17) is 0 Å². The first-order valence-corrected chi connectivity index (χ1v) is 9.50. The number of hydrogen-bond acceptors (Lipinski definition) is 3. The third-order valence-corrected chi connectivity index (χ3v) is 5.38. The Labute approximate surface area is 141 Å². The van der Waals surface area contributed by atoms with Crippen molar-refractivity contribution in [3.63, 3.8) is 0 Å². The van der Waals surface area contributed by atoms with Gasteiger partial charge in [0, 0.05) is 4.90 Å². The third-order valence-electron chi connectivity index (χ3n) is 4.73. The fourth-order valence-corrected chi connectivity index (χ4v) is 3.79. The first-order valence-electron chi connectivity index (χ1n) is 8.42. The van der Waals surface area contributed by atoms with Crippen molar-refractivity contribution in [1.29, 1.82) is 0 Å². The Morgan fingerprint density at radius 1 is 1.22 bits per heavy atom. The van der Waals surface area contributed by atoms with Gasteiger partial charge in [0.25, 0.3) is 0 Å². The molecule has 126 valence electrons. The molecule has 0 saturated heterocycles. The number of rotatable bonds is 6. The molecule has 0 bridgehead atoms. The minimum atomic E-state index is -2.14. The van der Waals surface area contributed by atoms with E-state index in [-0.39, 0.29) is 5.78 Å². The highest BCUT2D eigenvalue weighted by atomic mass is 32.2. The van der Waals surface area contributed by atoms with Crippen molar-refractivity contribution in [3.8, 4) is 0 Å². The van der Waals surface area contributed by atoms with Gasteiger partial charge in [0.05, 0.1) is 0 Å². The lowest BCUT2D eigenvalue weighted by Crippen LogP contribution is -2.00. The van der Waals surface area contributed by atoms with Crippen LogP contribution in [0, 0.1) is 5.92 Å². The van der Waals surface area contributed by atoms with Crippen LogP contribution in [0.2, 0.25) is 0 Å². The van der Waals surface area contributed by atoms with Gasteiger partial charge in [-0.15, -0.1) is 0 Å². The molecule has 0 amide bonds. The molecular weight excluding hydrogens is 308 g/mol. The molecule has 3 atom stereocenters. The van der Waals surface area contributed by atoms with E-state index < -0.39 is 11.1 Å². The number of carbonyl (C=O) groups is 1. The molecule has 1 saturated carbocycles. The molecule has 0 radical (unpaired) electrons. The predicted octanol–water partition coefficient (Wildman–Crippen LogP) is 4.51. The number of ketones is 1. The van der Waals surface area contributed by atoms with Crippen LogP contribution in [0.1, 0.15) is 63.4 Å². The van der Waals surface area contributed by atoms with Gasteiger partial charge in [0.15, 0.2) is 5.78 Å². The fraction of sp³-hybridized carbons (Fsp3) is 0.526. The number of carbonyl (C=O) groups excluding carboxylic acids is 1. The maximum atomic E-state index is 10.9. The second-order valence-electron chi connectivity index (χ2n) is 6.47. The average molecular weight is 333 g/mol. The Hall–Kier alpha value is -1.26. The summed E-state index contributed by atoms with van der Waals surface area (Å²) in [6.07, 6.45) is 11.8. The van der Waals surface area contributed by atoms with Crippen LogP contribution in [-0.2, 0) is 15.9 Å². The molecule has 0 spiro atoms. The topological polar surface area (TPSA) is 57.2 Å². The van der Waals surface area contributed by atoms with Gasteiger partial charge in [-0.25, -0.2) is 0 Å². The second kappa shape index (κ2) is 9.14. The predicted molar refractivity (Wildman–Crippen MR) is 92.0 cm³/mol. The van der Waals surface area contributed by atoms with E-state index in [1.54, 1.807) is 25.1 Å². The summed E-state index contributed by atoms with van der Waals surface area (Å²) in [4.78, 5) is 11.2. The summed E-state index contributed by atoms with van der Waals surface area (Å²) in [5, 5.41) is 0. The zero-order valence-electron chi connectivity index (χ0n) is 13.7. The van der Waals surface area contributed by atoms with E-state index in [1.165, 1.54) is 37.7 Å². The van der Waals surface area contributed by atoms with Crippen molar-refractivity contribution >= 4 is 16.9 Å². The van der Waals surface area contributed by atoms with Gasteiger partial charge in [-0.05, 0) is 85.7 Å². The van der Waals surface area contributed by atoms with Crippen molar-refractivity contribution in [2.24, 2.45) is 5.92 Å². The molecular formula is C19H25O3S-. The molecule has 3 nitrogen and oxygen atoms in total. The van der Waals surface area contributed by atoms with Gasteiger partial charge in [-0.3, -0.25) is 9.00 Å². The molecule has 0 N–H and O–H groups in total. The van der Waals surface area contributed by atoms with E-state index in [1.807, 2.05) is 18.2 Å². The Morgan fingerprint density at radius 2 is 1.96 bits per heavy atom. The van der Waals surface area contributed by atoms with Gasteiger partial charge in [0.1, 0.15) is 0 Å². The average Bonchev–Trinajstić information content (AvgIpc) is 2.77. The molecule has 2 rings (SSSR count). The summed E-state index contributed by atoms with van der Waals surface area (Å²) in [5.74, 6) is 1.40. The van der Waals surface area contributed by atoms with Crippen molar-refractivity contribution in [2.45, 2.75) is 62.7 Å². The highest BCUT2D eigenvalue weighted by Crippen LogP contribution is 2.35. The second-order valence-corrected chi connectivity index (χ2v) is 7.41. The van der Waals surface area contributed by atoms with Gasteiger partial charge < -0.3 is 4.55 Å². The molecule has 1 aliphatic rings. The lowest BCUT2D eigenvalue weighted by Gasteiger charge is -2.16. The van der Waals surface area contributed by atoms with Crippen LogP contribution >= 0.6 is 0 Å². The summed E-state index contributed by atoms with van der Waals surface area (Å²) < 4.78 is 21.9. The molecule has 0 heterocycles. The van der Waals surface area contributed by atoms with Crippen molar-refractivity contribution in [2.75, 3.05) is 0 Å². The monoisotopic (exact) mass is 333 g/mol. The van der Waals surface area contributed by atoms with Crippen LogP contribution in [0.5, 0.6) is 0 Å². The minimum Gasteiger partial charge on any atom is -0.768 e. The van der Waals surface area contributed by atoms with Crippen LogP contribution in [0.4, 0.5) is 0 Å². The van der Waals surface area contributed by atoms with E-state index in [0.717, 1.165) is 18.8 Å². The van der Waals surface area contributed by atoms with E-state index in [9.17, 15) is 13.6 Å². The minimum absolute atomic E-state index is 0.119. The summed E-state index contributed by atoms with van der Waals surface area (Å²) >= 11 is -2.14. The van der Waals surface area contributed by atoms with Gasteiger partial charge >= 0.3 is 0 Å². The van der Waals surface area contributed by atoms with Crippen LogP contribution in [0.3, 0.4) is 0 Å². The Bertz CT molecular complexity index is 562. The van der Waals surface area contributed by atoms with Gasteiger partial charge in [-0.1, -0.05) is 31.1 Å². The van der Waals surface area contributed by atoms with Crippen LogP contribution < -0.4 is 0 Å². The molecule has 3 unspecified atom stereocenters. The van der Waals surface area contributed by atoms with Crippen LogP contribution in [0.15, 0.2) is 41.3 Å². The molecule has 1 aromatic rings. The lowest BCUT2D eigenvalue weighted by atomic mass is 9.90. The van der Waals surface area contributed by atoms with E-state index in [2.05, 4.69) is 0 Å². The SMILES string of the molecule is CC(=O)/C=C/CCC1CCCC(c2ccc(S(=O)[O-])cc2)CC1. The highest BCUT2D eigenvalue weighted by molar-refractivity contribution is 7.79. The zero-order chi connectivity index (χ0) is 16.7. The Morgan fingerprint density at radius 3 is 2.61 bits per heavy atom. The molecule has 1 aliphatic carbocycles. The molecule has 0 aliphatic heterocycles. The van der Waals surface area contributed by atoms with Crippen molar-refractivity contribution in [3.05, 3.63) is 42.0 Å². The quantitative estimate of drug-likeness (QED) is 0.437. The Balaban J connectivity index is 1.85. The molecule has 1 fully saturated rings. The maximum absolute atomic E-state index is 10.9. The summed E-state index contributed by atoms with van der Waals surface area (Å²) in [6.45, 7) is 1.58. The molecule has 23 heavy (non-hydrogen) atoms. The lowest BCUT2D eigenvalue weighted by molar-refractivity contribution is -0.112. The number of hydrogen-bond donors (Lipinski definition) is 0. The standard InChI is InChI=1S/C19H26O3S/c1-15(20)5-2-3-6-16-7-4-8-17(10-9-16)18-11-13-19(14-12-18)23(21)22/h2,5,11-14,16-17H,3-4,6-10H2,1H3,(H,21,22)/p-1/b5-2+. The largest absolute Gasteiger partial charge is 0.768 e. The smallest absolute Gasteiger partial charge is 0.152 e. The van der Waals surface area contributed by atoms with E-state index >= 15 is 0 Å². The maximum Gasteiger partial charge on any atom is 0.152 e. The summed E-state index contributed by atoms with van der Waals surface area (Å²) in [7, 11) is 0. The van der Waals surface area contributed by atoms with Crippen molar-refractivity contribution in [1.82, 2.24) is 0 Å². The Kier molecular flexibility index (Phi) is 7.18. The summed E-state index contributed by atoms with van der Waals surface area (Å²) in [5.41, 5.74) is 1.26.